The molecule has 1 rings (SSSR count). The number of hydrogen-bond acceptors (Lipinski definition) is 2. The Bertz CT molecular complexity index is 182. The average Bonchev–Trinajstić information content (AvgIpc) is 2.17. The van der Waals surface area contributed by atoms with Crippen molar-refractivity contribution in [3.05, 3.63) is 0 Å². The van der Waals surface area contributed by atoms with Gasteiger partial charge in [0.15, 0.2) is 0 Å². The summed E-state index contributed by atoms with van der Waals surface area (Å²) in [6.45, 7) is 2.30. The van der Waals surface area contributed by atoms with E-state index in [-0.39, 0.29) is 0 Å². The van der Waals surface area contributed by atoms with Gasteiger partial charge in [-0.3, -0.25) is 0 Å². The van der Waals surface area contributed by atoms with Gasteiger partial charge in [-0.2, -0.15) is 0 Å². The molecule has 13 heavy (non-hydrogen) atoms. The molecule has 0 atom stereocenters. The summed E-state index contributed by atoms with van der Waals surface area (Å²) in [7, 11) is 1.96. The van der Waals surface area contributed by atoms with Crippen molar-refractivity contribution in [2.24, 2.45) is 22.6 Å². The summed E-state index contributed by atoms with van der Waals surface area (Å²) >= 11 is 0. The molecule has 0 unspecified atom stereocenters. The highest BCUT2D eigenvalue weighted by molar-refractivity contribution is 5.77. The van der Waals surface area contributed by atoms with Crippen molar-refractivity contribution in [3.8, 4) is 0 Å². The predicted octanol–water partition coefficient (Wildman–Crippen LogP) is 0.685. The molecule has 0 aromatic carbocycles. The van der Waals surface area contributed by atoms with Gasteiger partial charge < -0.3 is 16.5 Å². The van der Waals surface area contributed by atoms with Crippen LogP contribution in [-0.4, -0.2) is 23.9 Å². The second-order valence-electron chi connectivity index (χ2n) is 4.01. The summed E-state index contributed by atoms with van der Waals surface area (Å²) < 4.78 is 0. The van der Waals surface area contributed by atoms with E-state index in [1.807, 2.05) is 11.9 Å². The Morgan fingerprint density at radius 1 is 1.31 bits per heavy atom. The number of hydrazone groups is 1. The van der Waals surface area contributed by atoms with Gasteiger partial charge in [-0.05, 0) is 31.6 Å². The molecule has 4 heteroatoms. The molecule has 1 aliphatic rings. The SMILES string of the molecule is CC1CCC(N(C)C(N)=NN)CC1. The van der Waals surface area contributed by atoms with Crippen LogP contribution in [0.25, 0.3) is 0 Å². The van der Waals surface area contributed by atoms with E-state index in [1.165, 1.54) is 25.7 Å². The lowest BCUT2D eigenvalue weighted by Gasteiger charge is -2.33. The zero-order chi connectivity index (χ0) is 9.84. The topological polar surface area (TPSA) is 67.6 Å². The van der Waals surface area contributed by atoms with Crippen molar-refractivity contribution in [3.63, 3.8) is 0 Å². The minimum Gasteiger partial charge on any atom is -0.368 e. The molecule has 4 nitrogen and oxygen atoms in total. The normalized spacial score (nSPS) is 30.2. The Labute approximate surface area is 80.0 Å². The lowest BCUT2D eigenvalue weighted by atomic mass is 9.87. The van der Waals surface area contributed by atoms with Crippen LogP contribution in [-0.2, 0) is 0 Å². The summed E-state index contributed by atoms with van der Waals surface area (Å²) in [6.07, 6.45) is 4.97. The van der Waals surface area contributed by atoms with Crippen molar-refractivity contribution in [1.82, 2.24) is 4.90 Å². The monoisotopic (exact) mass is 184 g/mol. The molecule has 76 valence electrons. The third kappa shape index (κ3) is 2.50. The fourth-order valence-corrected chi connectivity index (χ4v) is 1.91. The van der Waals surface area contributed by atoms with Crippen molar-refractivity contribution in [2.75, 3.05) is 7.05 Å². The molecule has 0 amide bonds. The number of rotatable bonds is 1. The van der Waals surface area contributed by atoms with Gasteiger partial charge in [0.1, 0.15) is 0 Å². The van der Waals surface area contributed by atoms with Crippen LogP contribution in [0.1, 0.15) is 32.6 Å². The maximum atomic E-state index is 5.63. The molecular formula is C9H20N4. The summed E-state index contributed by atoms with van der Waals surface area (Å²) in [5.74, 6) is 6.43. The highest BCUT2D eigenvalue weighted by Gasteiger charge is 2.22. The van der Waals surface area contributed by atoms with Gasteiger partial charge in [0.05, 0.1) is 0 Å². The number of guanidine groups is 1. The Kier molecular flexibility index (Phi) is 3.39. The van der Waals surface area contributed by atoms with Gasteiger partial charge in [0.25, 0.3) is 0 Å². The molecule has 0 saturated heterocycles. The fraction of sp³-hybridized carbons (Fsp3) is 0.889. The van der Waals surface area contributed by atoms with E-state index >= 15 is 0 Å². The number of nitrogens with zero attached hydrogens (tertiary/aromatic N) is 2. The van der Waals surface area contributed by atoms with Crippen molar-refractivity contribution < 1.29 is 0 Å². The maximum Gasteiger partial charge on any atom is 0.213 e. The molecule has 0 aromatic heterocycles. The Morgan fingerprint density at radius 3 is 2.31 bits per heavy atom. The van der Waals surface area contributed by atoms with Crippen LogP contribution in [0.3, 0.4) is 0 Å². The van der Waals surface area contributed by atoms with E-state index in [4.69, 9.17) is 11.6 Å². The van der Waals surface area contributed by atoms with Gasteiger partial charge in [-0.15, -0.1) is 5.10 Å². The highest BCUT2D eigenvalue weighted by atomic mass is 15.3. The lowest BCUT2D eigenvalue weighted by Crippen LogP contribution is -2.43. The molecule has 0 heterocycles. The van der Waals surface area contributed by atoms with E-state index in [0.29, 0.717) is 12.0 Å². The zero-order valence-corrected chi connectivity index (χ0v) is 8.53. The molecule has 0 spiro atoms. The molecule has 1 aliphatic carbocycles. The standard InChI is InChI=1S/C9H20N4/c1-7-3-5-8(6-4-7)13(2)9(10)12-11/h7-8H,3-6,11H2,1-2H3,(H2,10,12). The van der Waals surface area contributed by atoms with Crippen LogP contribution in [0.2, 0.25) is 0 Å². The zero-order valence-electron chi connectivity index (χ0n) is 8.53. The fourth-order valence-electron chi connectivity index (χ4n) is 1.91. The van der Waals surface area contributed by atoms with E-state index in [1.54, 1.807) is 0 Å². The second-order valence-corrected chi connectivity index (χ2v) is 4.01. The van der Waals surface area contributed by atoms with Crippen LogP contribution in [0, 0.1) is 5.92 Å². The van der Waals surface area contributed by atoms with Gasteiger partial charge in [0, 0.05) is 13.1 Å². The molecule has 4 N–H and O–H groups in total. The maximum absolute atomic E-state index is 5.63. The second kappa shape index (κ2) is 4.35. The van der Waals surface area contributed by atoms with E-state index in [9.17, 15) is 0 Å². The Morgan fingerprint density at radius 2 is 1.85 bits per heavy atom. The molecular weight excluding hydrogens is 164 g/mol. The highest BCUT2D eigenvalue weighted by Crippen LogP contribution is 2.26. The third-order valence-corrected chi connectivity index (χ3v) is 3.03. The minimum absolute atomic E-state index is 0.444. The first kappa shape index (κ1) is 10.2. The molecule has 1 saturated carbocycles. The van der Waals surface area contributed by atoms with Crippen LogP contribution < -0.4 is 11.6 Å². The predicted molar refractivity (Wildman–Crippen MR) is 55.0 cm³/mol. The number of nitrogens with two attached hydrogens (primary N) is 2. The average molecular weight is 184 g/mol. The summed E-state index contributed by atoms with van der Waals surface area (Å²) in [4.78, 5) is 1.99. The Balaban J connectivity index is 2.44. The first-order valence-corrected chi connectivity index (χ1v) is 4.91. The van der Waals surface area contributed by atoms with Crippen molar-refractivity contribution in [2.45, 2.75) is 38.6 Å². The van der Waals surface area contributed by atoms with E-state index in [2.05, 4.69) is 12.0 Å². The largest absolute Gasteiger partial charge is 0.368 e. The third-order valence-electron chi connectivity index (χ3n) is 3.03. The van der Waals surface area contributed by atoms with E-state index < -0.39 is 0 Å². The lowest BCUT2D eigenvalue weighted by molar-refractivity contribution is 0.237. The Hall–Kier alpha value is -0.930. The van der Waals surface area contributed by atoms with Crippen LogP contribution in [0.15, 0.2) is 5.10 Å². The molecule has 0 radical (unpaired) electrons. The quantitative estimate of drug-likeness (QED) is 0.272. The van der Waals surface area contributed by atoms with E-state index in [0.717, 1.165) is 5.92 Å². The van der Waals surface area contributed by atoms with Crippen LogP contribution in [0.4, 0.5) is 0 Å². The number of hydrogen-bond donors (Lipinski definition) is 2. The van der Waals surface area contributed by atoms with Crippen LogP contribution in [0.5, 0.6) is 0 Å². The molecule has 0 aromatic rings. The van der Waals surface area contributed by atoms with Gasteiger partial charge in [-0.25, -0.2) is 0 Å². The van der Waals surface area contributed by atoms with Gasteiger partial charge in [-0.1, -0.05) is 6.92 Å². The van der Waals surface area contributed by atoms with Crippen LogP contribution >= 0.6 is 0 Å². The van der Waals surface area contributed by atoms with Crippen molar-refractivity contribution in [1.29, 1.82) is 0 Å². The first-order valence-electron chi connectivity index (χ1n) is 4.91. The molecule has 1 fully saturated rings. The minimum atomic E-state index is 0.444. The summed E-state index contributed by atoms with van der Waals surface area (Å²) in [6, 6.07) is 0.531. The van der Waals surface area contributed by atoms with Crippen molar-refractivity contribution >= 4 is 5.96 Å². The summed E-state index contributed by atoms with van der Waals surface area (Å²) in [5, 5.41) is 3.50. The smallest absolute Gasteiger partial charge is 0.213 e. The summed E-state index contributed by atoms with van der Waals surface area (Å²) in [5.41, 5.74) is 5.63. The molecule has 0 bridgehead atoms. The van der Waals surface area contributed by atoms with Gasteiger partial charge in [0.2, 0.25) is 5.96 Å². The molecule has 0 aliphatic heterocycles. The van der Waals surface area contributed by atoms with Gasteiger partial charge >= 0.3 is 0 Å². The first-order chi connectivity index (χ1) is 6.15.